The van der Waals surface area contributed by atoms with E-state index in [0.29, 0.717) is 0 Å². The molecule has 0 aromatic carbocycles. The van der Waals surface area contributed by atoms with Crippen molar-refractivity contribution in [3.8, 4) is 0 Å². The summed E-state index contributed by atoms with van der Waals surface area (Å²) in [5, 5.41) is 6.27. The van der Waals surface area contributed by atoms with Crippen LogP contribution in [0.5, 0.6) is 0 Å². The number of amides is 1. The summed E-state index contributed by atoms with van der Waals surface area (Å²) < 4.78 is 0. The molecule has 3 atom stereocenters. The fraction of sp³-hybridized carbons (Fsp3) is 0.923. The van der Waals surface area contributed by atoms with E-state index >= 15 is 0 Å². The Morgan fingerprint density at radius 1 is 1.44 bits per heavy atom. The SMILES string of the molecule is CC1CCCC(CCNC(=O)C2CSCN2)C1.Cl. The van der Waals surface area contributed by atoms with E-state index in [2.05, 4.69) is 17.6 Å². The van der Waals surface area contributed by atoms with Crippen molar-refractivity contribution < 1.29 is 4.79 Å². The topological polar surface area (TPSA) is 41.1 Å². The molecule has 1 saturated heterocycles. The fourth-order valence-electron chi connectivity index (χ4n) is 2.91. The van der Waals surface area contributed by atoms with Crippen molar-refractivity contribution >= 4 is 30.1 Å². The van der Waals surface area contributed by atoms with Gasteiger partial charge in [-0.05, 0) is 24.7 Å². The van der Waals surface area contributed by atoms with Gasteiger partial charge in [-0.2, -0.15) is 0 Å². The van der Waals surface area contributed by atoms with Crippen molar-refractivity contribution in [2.75, 3.05) is 18.2 Å². The van der Waals surface area contributed by atoms with Crippen LogP contribution in [0, 0.1) is 11.8 Å². The monoisotopic (exact) mass is 292 g/mol. The molecule has 106 valence electrons. The highest BCUT2D eigenvalue weighted by molar-refractivity contribution is 7.99. The Balaban J connectivity index is 0.00000162. The van der Waals surface area contributed by atoms with Crippen molar-refractivity contribution in [3.05, 3.63) is 0 Å². The molecule has 0 spiro atoms. The van der Waals surface area contributed by atoms with Crippen LogP contribution in [0.15, 0.2) is 0 Å². The number of thioether (sulfide) groups is 1. The summed E-state index contributed by atoms with van der Waals surface area (Å²) in [5.41, 5.74) is 0. The first kappa shape index (κ1) is 16.1. The van der Waals surface area contributed by atoms with E-state index in [4.69, 9.17) is 0 Å². The predicted molar refractivity (Wildman–Crippen MR) is 80.2 cm³/mol. The Morgan fingerprint density at radius 3 is 2.94 bits per heavy atom. The highest BCUT2D eigenvalue weighted by atomic mass is 35.5. The molecule has 5 heteroatoms. The number of halogens is 1. The van der Waals surface area contributed by atoms with Gasteiger partial charge in [0.05, 0.1) is 6.04 Å². The number of hydrogen-bond acceptors (Lipinski definition) is 3. The van der Waals surface area contributed by atoms with Crippen LogP contribution < -0.4 is 10.6 Å². The lowest BCUT2D eigenvalue weighted by atomic mass is 9.81. The third kappa shape index (κ3) is 4.98. The van der Waals surface area contributed by atoms with E-state index in [-0.39, 0.29) is 24.4 Å². The van der Waals surface area contributed by atoms with Gasteiger partial charge in [0.1, 0.15) is 0 Å². The van der Waals surface area contributed by atoms with Gasteiger partial charge in [-0.15, -0.1) is 24.2 Å². The standard InChI is InChI=1S/C13H24N2OS.ClH/c1-10-3-2-4-11(7-10)5-6-14-13(16)12-8-17-9-15-12;/h10-12,15H,2-9H2,1H3,(H,14,16);1H. The third-order valence-corrected chi connectivity index (χ3v) is 4.87. The Hall–Kier alpha value is 0.0700. The van der Waals surface area contributed by atoms with Gasteiger partial charge >= 0.3 is 0 Å². The molecular formula is C13H25ClN2OS. The highest BCUT2D eigenvalue weighted by Gasteiger charge is 2.23. The van der Waals surface area contributed by atoms with Crippen LogP contribution in [0.4, 0.5) is 0 Å². The van der Waals surface area contributed by atoms with Gasteiger partial charge in [0.2, 0.25) is 5.91 Å². The van der Waals surface area contributed by atoms with E-state index < -0.39 is 0 Å². The van der Waals surface area contributed by atoms with E-state index in [1.165, 1.54) is 25.7 Å². The minimum absolute atomic E-state index is 0. The summed E-state index contributed by atoms with van der Waals surface area (Å²) in [7, 11) is 0. The molecule has 0 aromatic heterocycles. The van der Waals surface area contributed by atoms with Gasteiger partial charge in [-0.1, -0.05) is 26.2 Å². The van der Waals surface area contributed by atoms with Crippen molar-refractivity contribution in [2.45, 2.75) is 45.1 Å². The predicted octanol–water partition coefficient (Wildman–Crippen LogP) is 2.40. The van der Waals surface area contributed by atoms with Gasteiger partial charge in [0.15, 0.2) is 0 Å². The molecule has 18 heavy (non-hydrogen) atoms. The summed E-state index contributed by atoms with van der Waals surface area (Å²) in [4.78, 5) is 11.8. The second-order valence-corrected chi connectivity index (χ2v) is 6.52. The molecule has 1 saturated carbocycles. The Labute approximate surface area is 121 Å². The van der Waals surface area contributed by atoms with Crippen molar-refractivity contribution in [3.63, 3.8) is 0 Å². The summed E-state index contributed by atoms with van der Waals surface area (Å²) in [6.07, 6.45) is 6.65. The van der Waals surface area contributed by atoms with Crippen molar-refractivity contribution in [1.82, 2.24) is 10.6 Å². The van der Waals surface area contributed by atoms with Crippen LogP contribution in [0.1, 0.15) is 39.0 Å². The van der Waals surface area contributed by atoms with E-state index in [1.54, 1.807) is 11.8 Å². The van der Waals surface area contributed by atoms with Gasteiger partial charge in [-0.25, -0.2) is 0 Å². The average molecular weight is 293 g/mol. The average Bonchev–Trinajstić information content (AvgIpc) is 2.82. The lowest BCUT2D eigenvalue weighted by Crippen LogP contribution is -2.42. The molecule has 0 radical (unpaired) electrons. The van der Waals surface area contributed by atoms with Gasteiger partial charge < -0.3 is 5.32 Å². The Morgan fingerprint density at radius 2 is 2.28 bits per heavy atom. The molecule has 3 nitrogen and oxygen atoms in total. The maximum atomic E-state index is 11.8. The Bertz CT molecular complexity index is 259. The van der Waals surface area contributed by atoms with E-state index in [9.17, 15) is 4.79 Å². The summed E-state index contributed by atoms with van der Waals surface area (Å²) >= 11 is 1.80. The smallest absolute Gasteiger partial charge is 0.238 e. The maximum Gasteiger partial charge on any atom is 0.238 e. The van der Waals surface area contributed by atoms with E-state index in [0.717, 1.165) is 36.4 Å². The quantitative estimate of drug-likeness (QED) is 0.836. The normalized spacial score (nSPS) is 31.7. The van der Waals surface area contributed by atoms with Crippen LogP contribution in [0.25, 0.3) is 0 Å². The summed E-state index contributed by atoms with van der Waals surface area (Å²) in [5.74, 6) is 3.76. The first-order valence-corrected chi connectivity index (χ1v) is 8.00. The van der Waals surface area contributed by atoms with Crippen LogP contribution in [0.3, 0.4) is 0 Å². The molecule has 2 fully saturated rings. The van der Waals surface area contributed by atoms with Gasteiger partial charge in [-0.3, -0.25) is 10.1 Å². The molecule has 0 bridgehead atoms. The van der Waals surface area contributed by atoms with Crippen LogP contribution in [-0.4, -0.2) is 30.1 Å². The van der Waals surface area contributed by atoms with Crippen LogP contribution >= 0.6 is 24.2 Å². The van der Waals surface area contributed by atoms with Gasteiger partial charge in [0.25, 0.3) is 0 Å². The summed E-state index contributed by atoms with van der Waals surface area (Å²) in [6, 6.07) is 0.0466. The molecular weight excluding hydrogens is 268 g/mol. The first-order chi connectivity index (χ1) is 8.25. The van der Waals surface area contributed by atoms with E-state index in [1.807, 2.05) is 0 Å². The lowest BCUT2D eigenvalue weighted by Gasteiger charge is -2.26. The minimum atomic E-state index is 0. The zero-order valence-corrected chi connectivity index (χ0v) is 12.7. The number of carbonyl (C=O) groups excluding carboxylic acids is 1. The third-order valence-electron chi connectivity index (χ3n) is 3.93. The second kappa shape index (κ2) is 8.28. The van der Waals surface area contributed by atoms with Crippen LogP contribution in [-0.2, 0) is 4.79 Å². The fourth-order valence-corrected chi connectivity index (χ4v) is 3.85. The second-order valence-electron chi connectivity index (χ2n) is 5.49. The highest BCUT2D eigenvalue weighted by Crippen LogP contribution is 2.30. The molecule has 1 heterocycles. The zero-order chi connectivity index (χ0) is 12.1. The molecule has 1 aliphatic heterocycles. The number of nitrogens with one attached hydrogen (secondary N) is 2. The minimum Gasteiger partial charge on any atom is -0.355 e. The number of rotatable bonds is 4. The number of hydrogen-bond donors (Lipinski definition) is 2. The molecule has 1 aliphatic carbocycles. The van der Waals surface area contributed by atoms with Crippen molar-refractivity contribution in [1.29, 1.82) is 0 Å². The number of carbonyl (C=O) groups is 1. The summed E-state index contributed by atoms with van der Waals surface area (Å²) in [6.45, 7) is 3.21. The van der Waals surface area contributed by atoms with Gasteiger partial charge in [0, 0.05) is 18.2 Å². The molecule has 1 amide bonds. The molecule has 2 N–H and O–H groups in total. The zero-order valence-electron chi connectivity index (χ0n) is 11.1. The molecule has 0 aromatic rings. The molecule has 3 unspecified atom stereocenters. The lowest BCUT2D eigenvalue weighted by molar-refractivity contribution is -0.122. The Kier molecular flexibility index (Phi) is 7.42. The molecule has 2 aliphatic rings. The van der Waals surface area contributed by atoms with Crippen molar-refractivity contribution in [2.24, 2.45) is 11.8 Å². The maximum absolute atomic E-state index is 11.8. The van der Waals surface area contributed by atoms with Crippen LogP contribution in [0.2, 0.25) is 0 Å². The molecule has 2 rings (SSSR count). The largest absolute Gasteiger partial charge is 0.355 e. The first-order valence-electron chi connectivity index (χ1n) is 6.84.